The van der Waals surface area contributed by atoms with Crippen molar-refractivity contribution >= 4 is 16.5 Å². The van der Waals surface area contributed by atoms with E-state index in [0.29, 0.717) is 28.9 Å². The molecule has 0 spiro atoms. The summed E-state index contributed by atoms with van der Waals surface area (Å²) in [5.74, 6) is 0.389. The summed E-state index contributed by atoms with van der Waals surface area (Å²) >= 11 is 0. The van der Waals surface area contributed by atoms with Crippen LogP contribution in [0.4, 0.5) is 4.39 Å². The SMILES string of the molecule is CCc1cc(O)ccc1-c1ccc2c(-c3ncc(C4=CCN(Cc5cnoc5)CC4)[nH]3)[nH]nc2c1F. The van der Waals surface area contributed by atoms with E-state index in [4.69, 9.17) is 4.52 Å². The van der Waals surface area contributed by atoms with Crippen LogP contribution in [-0.4, -0.2) is 48.4 Å². The van der Waals surface area contributed by atoms with Gasteiger partial charge in [0, 0.05) is 36.1 Å². The number of imidazole rings is 1. The molecule has 0 unspecified atom stereocenters. The Labute approximate surface area is 206 Å². The molecule has 1 aliphatic heterocycles. The first kappa shape index (κ1) is 22.2. The summed E-state index contributed by atoms with van der Waals surface area (Å²) in [6, 6.07) is 8.62. The van der Waals surface area contributed by atoms with Crippen LogP contribution in [0.3, 0.4) is 0 Å². The highest BCUT2D eigenvalue weighted by Crippen LogP contribution is 2.35. The molecule has 5 aromatic rings. The fraction of sp³-hybridized carbons (Fsp3) is 0.222. The van der Waals surface area contributed by atoms with E-state index in [1.807, 2.05) is 19.2 Å². The van der Waals surface area contributed by atoms with Gasteiger partial charge in [-0.2, -0.15) is 5.10 Å². The van der Waals surface area contributed by atoms with Crippen molar-refractivity contribution in [2.24, 2.45) is 0 Å². The molecule has 6 rings (SSSR count). The average molecular weight is 485 g/mol. The second-order valence-corrected chi connectivity index (χ2v) is 9.01. The number of fused-ring (bicyclic) bond motifs is 1. The molecule has 9 heteroatoms. The Morgan fingerprint density at radius 1 is 1.17 bits per heavy atom. The number of halogens is 1. The topological polar surface area (TPSA) is 107 Å². The van der Waals surface area contributed by atoms with Crippen molar-refractivity contribution in [1.29, 1.82) is 0 Å². The predicted molar refractivity (Wildman–Crippen MR) is 134 cm³/mol. The highest BCUT2D eigenvalue weighted by molar-refractivity contribution is 5.94. The van der Waals surface area contributed by atoms with Crippen molar-refractivity contribution in [3.05, 3.63) is 77.7 Å². The first-order chi connectivity index (χ1) is 17.6. The van der Waals surface area contributed by atoms with Crippen LogP contribution in [0.25, 0.3) is 39.1 Å². The number of rotatable bonds is 6. The van der Waals surface area contributed by atoms with Gasteiger partial charge in [-0.1, -0.05) is 30.3 Å². The maximum Gasteiger partial charge on any atom is 0.159 e. The van der Waals surface area contributed by atoms with Crippen LogP contribution >= 0.6 is 0 Å². The van der Waals surface area contributed by atoms with Crippen molar-refractivity contribution in [1.82, 2.24) is 30.2 Å². The maximum absolute atomic E-state index is 15.6. The van der Waals surface area contributed by atoms with E-state index in [1.165, 1.54) is 5.57 Å². The molecule has 0 saturated carbocycles. The third-order valence-corrected chi connectivity index (χ3v) is 6.77. The van der Waals surface area contributed by atoms with Crippen LogP contribution < -0.4 is 0 Å². The number of aromatic hydroxyl groups is 1. The number of nitrogens with zero attached hydrogens (tertiary/aromatic N) is 4. The average Bonchev–Trinajstić information content (AvgIpc) is 3.66. The Morgan fingerprint density at radius 3 is 2.83 bits per heavy atom. The molecular weight excluding hydrogens is 459 g/mol. The highest BCUT2D eigenvalue weighted by Gasteiger charge is 2.20. The fourth-order valence-corrected chi connectivity index (χ4v) is 4.85. The minimum absolute atomic E-state index is 0.170. The number of nitrogens with one attached hydrogen (secondary N) is 2. The smallest absolute Gasteiger partial charge is 0.159 e. The molecule has 0 atom stereocenters. The lowest BCUT2D eigenvalue weighted by Gasteiger charge is -2.25. The summed E-state index contributed by atoms with van der Waals surface area (Å²) in [5, 5.41) is 21.5. The van der Waals surface area contributed by atoms with E-state index < -0.39 is 5.82 Å². The van der Waals surface area contributed by atoms with Gasteiger partial charge in [0.2, 0.25) is 0 Å². The van der Waals surface area contributed by atoms with Crippen molar-refractivity contribution in [2.45, 2.75) is 26.3 Å². The van der Waals surface area contributed by atoms with E-state index >= 15 is 4.39 Å². The molecule has 0 bridgehead atoms. The van der Waals surface area contributed by atoms with Crippen LogP contribution in [0.1, 0.15) is 30.2 Å². The summed E-state index contributed by atoms with van der Waals surface area (Å²) in [4.78, 5) is 10.3. The van der Waals surface area contributed by atoms with Crippen molar-refractivity contribution in [2.75, 3.05) is 13.1 Å². The molecular formula is C27H25FN6O2. The Morgan fingerprint density at radius 2 is 2.06 bits per heavy atom. The molecule has 1 aliphatic rings. The van der Waals surface area contributed by atoms with Gasteiger partial charge < -0.3 is 14.6 Å². The first-order valence-electron chi connectivity index (χ1n) is 11.9. The number of phenolic OH excluding ortho intramolecular Hbond substituents is 1. The summed E-state index contributed by atoms with van der Waals surface area (Å²) < 4.78 is 20.5. The van der Waals surface area contributed by atoms with Crippen molar-refractivity contribution < 1.29 is 14.0 Å². The zero-order chi connectivity index (χ0) is 24.6. The first-order valence-corrected chi connectivity index (χ1v) is 11.9. The van der Waals surface area contributed by atoms with Gasteiger partial charge in [-0.3, -0.25) is 10.00 Å². The summed E-state index contributed by atoms with van der Waals surface area (Å²) in [7, 11) is 0. The second-order valence-electron chi connectivity index (χ2n) is 9.01. The lowest BCUT2D eigenvalue weighted by atomic mass is 9.96. The Kier molecular flexibility index (Phi) is 5.61. The van der Waals surface area contributed by atoms with Crippen molar-refractivity contribution in [3.63, 3.8) is 0 Å². The van der Waals surface area contributed by atoms with Gasteiger partial charge in [-0.05, 0) is 47.7 Å². The number of aryl methyl sites for hydroxylation is 1. The van der Waals surface area contributed by atoms with Crippen molar-refractivity contribution in [3.8, 4) is 28.4 Å². The number of benzene rings is 2. The van der Waals surface area contributed by atoms with E-state index in [1.54, 1.807) is 36.7 Å². The van der Waals surface area contributed by atoms with Gasteiger partial charge >= 0.3 is 0 Å². The van der Waals surface area contributed by atoms with Crippen LogP contribution in [0.15, 0.2) is 59.6 Å². The molecule has 2 aromatic carbocycles. The zero-order valence-electron chi connectivity index (χ0n) is 19.8. The molecule has 182 valence electrons. The molecule has 3 aromatic heterocycles. The summed E-state index contributed by atoms with van der Waals surface area (Å²) in [5.41, 5.74) is 6.21. The van der Waals surface area contributed by atoms with Gasteiger partial charge in [0.25, 0.3) is 0 Å². The zero-order valence-corrected chi connectivity index (χ0v) is 19.8. The van der Waals surface area contributed by atoms with Gasteiger partial charge in [-0.15, -0.1) is 0 Å². The highest BCUT2D eigenvalue weighted by atomic mass is 19.1. The van der Waals surface area contributed by atoms with E-state index in [-0.39, 0.29) is 11.3 Å². The van der Waals surface area contributed by atoms with E-state index in [2.05, 4.69) is 36.3 Å². The molecule has 0 aliphatic carbocycles. The Bertz CT molecular complexity index is 1570. The second kappa shape index (κ2) is 9.09. The normalized spacial score (nSPS) is 14.4. The van der Waals surface area contributed by atoms with Gasteiger partial charge in [0.1, 0.15) is 23.2 Å². The molecule has 36 heavy (non-hydrogen) atoms. The number of phenols is 1. The van der Waals surface area contributed by atoms with Gasteiger partial charge in [-0.25, -0.2) is 9.37 Å². The number of hydrogen-bond acceptors (Lipinski definition) is 6. The van der Waals surface area contributed by atoms with Crippen LogP contribution in [0, 0.1) is 5.82 Å². The maximum atomic E-state index is 15.6. The number of H-pyrrole nitrogens is 2. The molecule has 0 amide bonds. The predicted octanol–water partition coefficient (Wildman–Crippen LogP) is 5.30. The number of aromatic nitrogens is 5. The fourth-order valence-electron chi connectivity index (χ4n) is 4.85. The molecule has 0 fully saturated rings. The largest absolute Gasteiger partial charge is 0.508 e. The molecule has 8 nitrogen and oxygen atoms in total. The minimum atomic E-state index is -0.398. The molecule has 3 N–H and O–H groups in total. The Hall–Kier alpha value is -4.24. The van der Waals surface area contributed by atoms with E-state index in [0.717, 1.165) is 48.4 Å². The third kappa shape index (κ3) is 3.97. The minimum Gasteiger partial charge on any atom is -0.508 e. The monoisotopic (exact) mass is 484 g/mol. The summed E-state index contributed by atoms with van der Waals surface area (Å²) in [6.07, 6.45) is 9.01. The number of hydrogen-bond donors (Lipinski definition) is 3. The van der Waals surface area contributed by atoms with Gasteiger partial charge in [0.05, 0.1) is 18.1 Å². The molecule has 4 heterocycles. The van der Waals surface area contributed by atoms with Crippen LogP contribution in [0.5, 0.6) is 5.75 Å². The molecule has 0 saturated heterocycles. The third-order valence-electron chi connectivity index (χ3n) is 6.77. The quantitative estimate of drug-likeness (QED) is 0.302. The lowest BCUT2D eigenvalue weighted by molar-refractivity contribution is 0.292. The summed E-state index contributed by atoms with van der Waals surface area (Å²) in [6.45, 7) is 4.53. The lowest BCUT2D eigenvalue weighted by Crippen LogP contribution is -2.27. The molecule has 0 radical (unpaired) electrons. The van der Waals surface area contributed by atoms with Gasteiger partial charge in [0.15, 0.2) is 11.6 Å². The number of aromatic amines is 2. The van der Waals surface area contributed by atoms with Crippen LogP contribution in [0.2, 0.25) is 0 Å². The Balaban J connectivity index is 1.27. The van der Waals surface area contributed by atoms with E-state index in [9.17, 15) is 5.11 Å². The standard InChI is InChI=1S/C27H25FN6O2/c1-2-17-11-19(35)3-4-20(17)21-5-6-22-25(24(21)28)32-33-26(22)27-29-13-23(31-27)18-7-9-34(10-8-18)14-16-12-30-36-15-16/h3-7,11-13,15,35H,2,8-10,14H2,1H3,(H,29,31)(H,32,33). The van der Waals surface area contributed by atoms with Crippen LogP contribution in [-0.2, 0) is 13.0 Å².